The first-order chi connectivity index (χ1) is 15.9. The highest BCUT2D eigenvalue weighted by molar-refractivity contribution is 6.35. The Morgan fingerprint density at radius 1 is 1.03 bits per heavy atom. The van der Waals surface area contributed by atoms with Gasteiger partial charge in [0.05, 0.1) is 29.3 Å². The van der Waals surface area contributed by atoms with E-state index in [0.717, 1.165) is 5.56 Å². The normalized spacial score (nSPS) is 14.8. The van der Waals surface area contributed by atoms with E-state index >= 15 is 0 Å². The molecule has 4 rings (SSSR count). The molecule has 0 aromatic heterocycles. The second-order valence-corrected chi connectivity index (χ2v) is 8.24. The largest absolute Gasteiger partial charge is 0.488 e. The molecule has 170 valence electrons. The molecular formula is C25H21Cl2NO5. The molecule has 8 heteroatoms. The molecule has 1 atom stereocenters. The molecule has 0 bridgehead atoms. The molecule has 1 aliphatic rings. The second-order valence-electron chi connectivity index (χ2n) is 7.42. The predicted molar refractivity (Wildman–Crippen MR) is 126 cm³/mol. The molecule has 3 aromatic rings. The predicted octanol–water partition coefficient (Wildman–Crippen LogP) is 5.33. The Balaban J connectivity index is 1.63. The monoisotopic (exact) mass is 485 g/mol. The number of nitrogens with zero attached hydrogens (tertiary/aromatic N) is 1. The van der Waals surface area contributed by atoms with Crippen molar-refractivity contribution >= 4 is 40.8 Å². The Morgan fingerprint density at radius 2 is 1.79 bits per heavy atom. The Bertz CT molecular complexity index is 1200. The maximum atomic E-state index is 13.4. The van der Waals surface area contributed by atoms with Gasteiger partial charge in [-0.05, 0) is 42.3 Å². The number of hydrogen-bond acceptors (Lipinski definition) is 5. The molecule has 0 aliphatic carbocycles. The fourth-order valence-electron chi connectivity index (χ4n) is 3.74. The molecule has 0 saturated heterocycles. The van der Waals surface area contributed by atoms with E-state index in [4.69, 9.17) is 32.7 Å². The lowest BCUT2D eigenvalue weighted by Crippen LogP contribution is -2.28. The summed E-state index contributed by atoms with van der Waals surface area (Å²) in [4.78, 5) is 26.3. The van der Waals surface area contributed by atoms with Crippen LogP contribution in [-0.2, 0) is 22.6 Å². The third-order valence-corrected chi connectivity index (χ3v) is 5.88. The average Bonchev–Trinajstić information content (AvgIpc) is 3.06. The topological polar surface area (TPSA) is 76.1 Å². The average molecular weight is 486 g/mol. The van der Waals surface area contributed by atoms with E-state index in [1.165, 1.54) is 4.90 Å². The van der Waals surface area contributed by atoms with E-state index in [0.29, 0.717) is 17.0 Å². The Morgan fingerprint density at radius 3 is 2.48 bits per heavy atom. The fourth-order valence-corrected chi connectivity index (χ4v) is 4.29. The molecule has 1 amide bonds. The van der Waals surface area contributed by atoms with E-state index < -0.39 is 12.1 Å². The molecule has 1 N–H and O–H groups in total. The number of anilines is 1. The number of rotatable bonds is 7. The number of halogens is 2. The van der Waals surface area contributed by atoms with Crippen molar-refractivity contribution < 1.29 is 24.2 Å². The van der Waals surface area contributed by atoms with Gasteiger partial charge in [-0.1, -0.05) is 59.6 Å². The standard InChI is InChI=1S/C25H21Cl2NO5/c1-2-32-21(29)13-16-8-10-19(18(27)12-16)28-24(30)22-17(26)9-11-20(23(22)25(28)31)33-14-15-6-4-3-5-7-15/h3-12,24,30H,2,13-14H2,1H3. The van der Waals surface area contributed by atoms with Crippen LogP contribution in [0.4, 0.5) is 5.69 Å². The van der Waals surface area contributed by atoms with Gasteiger partial charge in [-0.3, -0.25) is 14.5 Å². The number of fused-ring (bicyclic) bond motifs is 1. The smallest absolute Gasteiger partial charge is 0.310 e. The van der Waals surface area contributed by atoms with E-state index in [9.17, 15) is 14.7 Å². The zero-order valence-corrected chi connectivity index (χ0v) is 19.3. The summed E-state index contributed by atoms with van der Waals surface area (Å²) in [6.45, 7) is 2.27. The quantitative estimate of drug-likeness (QED) is 0.457. The summed E-state index contributed by atoms with van der Waals surface area (Å²) in [6, 6.07) is 17.6. The summed E-state index contributed by atoms with van der Waals surface area (Å²) in [6.07, 6.45) is -1.29. The minimum absolute atomic E-state index is 0.0495. The van der Waals surface area contributed by atoms with Crippen LogP contribution in [0.1, 0.15) is 40.2 Å². The van der Waals surface area contributed by atoms with Gasteiger partial charge in [-0.15, -0.1) is 0 Å². The summed E-state index contributed by atoms with van der Waals surface area (Å²) in [5.41, 5.74) is 2.31. The molecule has 0 fully saturated rings. The summed E-state index contributed by atoms with van der Waals surface area (Å²) in [5, 5.41) is 11.5. The van der Waals surface area contributed by atoms with Crippen LogP contribution in [-0.4, -0.2) is 23.6 Å². The van der Waals surface area contributed by atoms with Gasteiger partial charge >= 0.3 is 5.97 Å². The first-order valence-corrected chi connectivity index (χ1v) is 11.1. The number of carbonyl (C=O) groups is 2. The van der Waals surface area contributed by atoms with Crippen molar-refractivity contribution in [2.24, 2.45) is 0 Å². The van der Waals surface area contributed by atoms with Gasteiger partial charge < -0.3 is 14.6 Å². The van der Waals surface area contributed by atoms with Crippen LogP contribution >= 0.6 is 23.2 Å². The molecule has 0 radical (unpaired) electrons. The van der Waals surface area contributed by atoms with Crippen LogP contribution in [0.5, 0.6) is 5.75 Å². The van der Waals surface area contributed by atoms with Crippen LogP contribution < -0.4 is 9.64 Å². The van der Waals surface area contributed by atoms with Crippen molar-refractivity contribution in [3.05, 3.63) is 93.0 Å². The lowest BCUT2D eigenvalue weighted by molar-refractivity contribution is -0.142. The molecule has 33 heavy (non-hydrogen) atoms. The summed E-state index contributed by atoms with van der Waals surface area (Å²) < 4.78 is 10.9. The molecule has 1 heterocycles. The van der Waals surface area contributed by atoms with Crippen molar-refractivity contribution in [3.63, 3.8) is 0 Å². The number of carbonyl (C=O) groups excluding carboxylic acids is 2. The number of hydrogen-bond donors (Lipinski definition) is 1. The number of benzene rings is 3. The molecule has 0 spiro atoms. The van der Waals surface area contributed by atoms with Gasteiger partial charge in [0.15, 0.2) is 6.23 Å². The van der Waals surface area contributed by atoms with Crippen molar-refractivity contribution in [2.75, 3.05) is 11.5 Å². The van der Waals surface area contributed by atoms with Gasteiger partial charge in [0, 0.05) is 10.6 Å². The van der Waals surface area contributed by atoms with E-state index in [2.05, 4.69) is 0 Å². The highest BCUT2D eigenvalue weighted by Gasteiger charge is 2.41. The minimum Gasteiger partial charge on any atom is -0.488 e. The van der Waals surface area contributed by atoms with Gasteiger partial charge in [-0.25, -0.2) is 0 Å². The van der Waals surface area contributed by atoms with Gasteiger partial charge in [0.1, 0.15) is 12.4 Å². The van der Waals surface area contributed by atoms with Gasteiger partial charge in [0.2, 0.25) is 0 Å². The third-order valence-electron chi connectivity index (χ3n) is 5.25. The number of amides is 1. The Kier molecular flexibility index (Phi) is 6.88. The molecule has 1 unspecified atom stereocenters. The first kappa shape index (κ1) is 23.1. The van der Waals surface area contributed by atoms with Gasteiger partial charge in [0.25, 0.3) is 5.91 Å². The lowest BCUT2D eigenvalue weighted by atomic mass is 10.1. The Hall–Kier alpha value is -3.06. The first-order valence-electron chi connectivity index (χ1n) is 10.4. The SMILES string of the molecule is CCOC(=O)Cc1ccc(N2C(=O)c3c(OCc4ccccc4)ccc(Cl)c3C2O)c(Cl)c1. The van der Waals surface area contributed by atoms with Crippen molar-refractivity contribution in [3.8, 4) is 5.75 Å². The molecule has 6 nitrogen and oxygen atoms in total. The Labute approximate surface area is 201 Å². The zero-order valence-electron chi connectivity index (χ0n) is 17.8. The molecule has 3 aromatic carbocycles. The van der Waals surface area contributed by atoms with Crippen LogP contribution in [0.2, 0.25) is 10.0 Å². The molecule has 0 saturated carbocycles. The molecule has 1 aliphatic heterocycles. The maximum Gasteiger partial charge on any atom is 0.310 e. The van der Waals surface area contributed by atoms with E-state index in [1.54, 1.807) is 37.3 Å². The van der Waals surface area contributed by atoms with E-state index in [-0.39, 0.29) is 46.8 Å². The number of esters is 1. The fraction of sp³-hybridized carbons (Fsp3) is 0.200. The summed E-state index contributed by atoms with van der Waals surface area (Å²) in [7, 11) is 0. The van der Waals surface area contributed by atoms with E-state index in [1.807, 2.05) is 30.3 Å². The zero-order chi connectivity index (χ0) is 23.5. The third kappa shape index (κ3) is 4.69. The van der Waals surface area contributed by atoms with Crippen molar-refractivity contribution in [2.45, 2.75) is 26.2 Å². The minimum atomic E-state index is -1.34. The highest BCUT2D eigenvalue weighted by Crippen LogP contribution is 2.45. The van der Waals surface area contributed by atoms with Crippen LogP contribution in [0.15, 0.2) is 60.7 Å². The van der Waals surface area contributed by atoms with Crippen molar-refractivity contribution in [1.82, 2.24) is 0 Å². The highest BCUT2D eigenvalue weighted by atomic mass is 35.5. The van der Waals surface area contributed by atoms with Crippen LogP contribution in [0.3, 0.4) is 0 Å². The summed E-state index contributed by atoms with van der Waals surface area (Å²) >= 11 is 12.8. The lowest BCUT2D eigenvalue weighted by Gasteiger charge is -2.22. The second kappa shape index (κ2) is 9.83. The maximum absolute atomic E-state index is 13.4. The number of aliphatic hydroxyl groups excluding tert-OH is 1. The van der Waals surface area contributed by atoms with Crippen molar-refractivity contribution in [1.29, 1.82) is 0 Å². The summed E-state index contributed by atoms with van der Waals surface area (Å²) in [5.74, 6) is -0.541. The number of aliphatic hydroxyl groups is 1. The molecular weight excluding hydrogens is 465 g/mol. The van der Waals surface area contributed by atoms with Gasteiger partial charge in [-0.2, -0.15) is 0 Å². The number of ether oxygens (including phenoxy) is 2. The van der Waals surface area contributed by atoms with Crippen LogP contribution in [0.25, 0.3) is 0 Å². The van der Waals surface area contributed by atoms with Crippen LogP contribution in [0, 0.1) is 0 Å².